The van der Waals surface area contributed by atoms with E-state index in [2.05, 4.69) is 15.0 Å². The number of anilines is 2. The third-order valence-corrected chi connectivity index (χ3v) is 8.09. The minimum atomic E-state index is -4.20. The Morgan fingerprint density at radius 1 is 1.21 bits per heavy atom. The molecule has 168 valence electrons. The minimum Gasteiger partial charge on any atom is -0.369 e. The lowest BCUT2D eigenvalue weighted by atomic mass is 9.92. The predicted molar refractivity (Wildman–Crippen MR) is 124 cm³/mol. The van der Waals surface area contributed by atoms with Crippen LogP contribution in [0, 0.1) is 11.6 Å². The van der Waals surface area contributed by atoms with Gasteiger partial charge in [0.25, 0.3) is 10.0 Å². The van der Waals surface area contributed by atoms with E-state index in [1.165, 1.54) is 29.0 Å². The molecule has 0 aliphatic carbocycles. The van der Waals surface area contributed by atoms with Crippen LogP contribution in [-0.2, 0) is 10.0 Å². The third kappa shape index (κ3) is 3.73. The zero-order valence-electron chi connectivity index (χ0n) is 16.6. The number of halogens is 3. The molecule has 0 saturated heterocycles. The largest absolute Gasteiger partial charge is 0.369 e. The van der Waals surface area contributed by atoms with Gasteiger partial charge in [0, 0.05) is 33.8 Å². The van der Waals surface area contributed by atoms with Crippen LogP contribution >= 0.6 is 22.9 Å². The SMILES string of the molecule is O=C(c1c(F)ccc(NS(=O)(=O)c2csc3ccccc23)c1F)C1CNc2ncc(Cl)cc21. The Bertz CT molecular complexity index is 1540. The molecule has 0 spiro atoms. The second-order valence-corrected chi connectivity index (χ2v) is 10.4. The van der Waals surface area contributed by atoms with Gasteiger partial charge in [-0.1, -0.05) is 29.8 Å². The van der Waals surface area contributed by atoms with E-state index in [1.54, 1.807) is 24.3 Å². The molecule has 11 heteroatoms. The van der Waals surface area contributed by atoms with E-state index in [1.807, 2.05) is 0 Å². The van der Waals surface area contributed by atoms with Gasteiger partial charge in [-0.3, -0.25) is 9.52 Å². The van der Waals surface area contributed by atoms with Gasteiger partial charge >= 0.3 is 0 Å². The van der Waals surface area contributed by atoms with Crippen molar-refractivity contribution in [3.8, 4) is 0 Å². The molecule has 1 aliphatic heterocycles. The molecule has 0 amide bonds. The average molecular weight is 506 g/mol. The van der Waals surface area contributed by atoms with Crippen LogP contribution in [0.3, 0.4) is 0 Å². The lowest BCUT2D eigenvalue weighted by molar-refractivity contribution is 0.0958. The van der Waals surface area contributed by atoms with E-state index in [-0.39, 0.29) is 16.5 Å². The zero-order chi connectivity index (χ0) is 23.3. The van der Waals surface area contributed by atoms with Crippen LogP contribution in [0.2, 0.25) is 5.02 Å². The van der Waals surface area contributed by atoms with E-state index >= 15 is 4.39 Å². The molecule has 0 fully saturated rings. The van der Waals surface area contributed by atoms with Crippen LogP contribution in [0.15, 0.2) is 58.9 Å². The number of ketones is 1. The van der Waals surface area contributed by atoms with Gasteiger partial charge < -0.3 is 5.32 Å². The van der Waals surface area contributed by atoms with E-state index in [0.717, 1.165) is 16.8 Å². The number of thiophene rings is 1. The maximum atomic E-state index is 15.3. The lowest BCUT2D eigenvalue weighted by Crippen LogP contribution is -2.20. The summed E-state index contributed by atoms with van der Waals surface area (Å²) in [6.45, 7) is 0.0806. The molecule has 5 rings (SSSR count). The number of hydrogen-bond donors (Lipinski definition) is 2. The van der Waals surface area contributed by atoms with Crippen LogP contribution < -0.4 is 10.0 Å². The van der Waals surface area contributed by atoms with Crippen molar-refractivity contribution in [1.82, 2.24) is 4.98 Å². The van der Waals surface area contributed by atoms with E-state index in [9.17, 15) is 17.6 Å². The van der Waals surface area contributed by atoms with Crippen LogP contribution in [-0.4, -0.2) is 25.7 Å². The molecule has 1 unspecified atom stereocenters. The number of fused-ring (bicyclic) bond motifs is 2. The van der Waals surface area contributed by atoms with Crippen LogP contribution in [0.1, 0.15) is 21.8 Å². The molecule has 6 nitrogen and oxygen atoms in total. The van der Waals surface area contributed by atoms with Crippen molar-refractivity contribution in [2.75, 3.05) is 16.6 Å². The number of pyridine rings is 1. The van der Waals surface area contributed by atoms with Crippen LogP contribution in [0.4, 0.5) is 20.3 Å². The number of nitrogens with one attached hydrogen (secondary N) is 2. The number of carbonyl (C=O) groups is 1. The van der Waals surface area contributed by atoms with Crippen molar-refractivity contribution >= 4 is 60.3 Å². The van der Waals surface area contributed by atoms with Gasteiger partial charge in [-0.15, -0.1) is 11.3 Å². The molecular formula is C22H14ClF2N3O3S2. The first kappa shape index (κ1) is 21.7. The van der Waals surface area contributed by atoms with E-state index in [4.69, 9.17) is 11.6 Å². The molecule has 1 atom stereocenters. The number of nitrogens with zero attached hydrogens (tertiary/aromatic N) is 1. The number of hydrogen-bond acceptors (Lipinski definition) is 6. The quantitative estimate of drug-likeness (QED) is 0.353. The second kappa shape index (κ2) is 8.05. The second-order valence-electron chi connectivity index (χ2n) is 7.37. The Balaban J connectivity index is 1.52. The lowest BCUT2D eigenvalue weighted by Gasteiger charge is -2.14. The molecule has 0 bridgehead atoms. The fraction of sp³-hybridized carbons (Fsp3) is 0.0909. The monoisotopic (exact) mass is 505 g/mol. The summed E-state index contributed by atoms with van der Waals surface area (Å²) in [4.78, 5) is 17.2. The molecule has 3 heterocycles. The van der Waals surface area contributed by atoms with Crippen molar-refractivity contribution in [2.24, 2.45) is 0 Å². The van der Waals surface area contributed by atoms with Crippen molar-refractivity contribution in [3.63, 3.8) is 0 Å². The normalized spacial score (nSPS) is 15.3. The zero-order valence-corrected chi connectivity index (χ0v) is 19.0. The Morgan fingerprint density at radius 2 is 2.00 bits per heavy atom. The Kier molecular flexibility index (Phi) is 5.31. The summed E-state index contributed by atoms with van der Waals surface area (Å²) in [5.41, 5.74) is -0.933. The smallest absolute Gasteiger partial charge is 0.263 e. The summed E-state index contributed by atoms with van der Waals surface area (Å²) in [5.74, 6) is -3.75. The van der Waals surface area contributed by atoms with Crippen molar-refractivity contribution in [2.45, 2.75) is 10.8 Å². The van der Waals surface area contributed by atoms with Crippen molar-refractivity contribution < 1.29 is 22.0 Å². The van der Waals surface area contributed by atoms with E-state index in [0.29, 0.717) is 16.8 Å². The van der Waals surface area contributed by atoms with E-state index < -0.39 is 44.6 Å². The molecule has 2 N–H and O–H groups in total. The highest BCUT2D eigenvalue weighted by Gasteiger charge is 2.34. The molecule has 33 heavy (non-hydrogen) atoms. The van der Waals surface area contributed by atoms with Gasteiger partial charge in [0.2, 0.25) is 0 Å². The average Bonchev–Trinajstić information content (AvgIpc) is 3.40. The van der Waals surface area contributed by atoms with Gasteiger partial charge in [0.15, 0.2) is 11.6 Å². The molecule has 0 saturated carbocycles. The molecular weight excluding hydrogens is 492 g/mol. The summed E-state index contributed by atoms with van der Waals surface area (Å²) in [7, 11) is -4.20. The van der Waals surface area contributed by atoms with Crippen LogP contribution in [0.25, 0.3) is 10.1 Å². The molecule has 2 aromatic carbocycles. The Hall–Kier alpha value is -3.08. The first-order chi connectivity index (χ1) is 15.8. The maximum absolute atomic E-state index is 15.3. The summed E-state index contributed by atoms with van der Waals surface area (Å²) < 4.78 is 58.8. The number of sulfonamides is 1. The number of carbonyl (C=O) groups excluding carboxylic acids is 1. The fourth-order valence-electron chi connectivity index (χ4n) is 3.80. The third-order valence-electron chi connectivity index (χ3n) is 5.37. The van der Waals surface area contributed by atoms with Crippen molar-refractivity contribution in [1.29, 1.82) is 0 Å². The molecule has 4 aromatic rings. The highest BCUT2D eigenvalue weighted by atomic mass is 35.5. The van der Waals surface area contributed by atoms with Crippen molar-refractivity contribution in [3.05, 3.63) is 81.8 Å². The number of rotatable bonds is 5. The van der Waals surface area contributed by atoms with Gasteiger partial charge in [0.05, 0.1) is 22.2 Å². The van der Waals surface area contributed by atoms with Gasteiger partial charge in [0.1, 0.15) is 16.5 Å². The number of benzene rings is 2. The highest BCUT2D eigenvalue weighted by molar-refractivity contribution is 7.93. The summed E-state index contributed by atoms with van der Waals surface area (Å²) in [6, 6.07) is 10.2. The number of Topliss-reactive ketones (excluding diaryl/α,β-unsaturated/α-hetero) is 1. The van der Waals surface area contributed by atoms with Crippen LogP contribution in [0.5, 0.6) is 0 Å². The maximum Gasteiger partial charge on any atom is 0.263 e. The number of aromatic nitrogens is 1. The standard InChI is InChI=1S/C22H14ClF2N3O3S2/c23-11-7-13-14(9-27-22(13)26-8-11)21(29)19-15(24)5-6-16(20(19)25)28-33(30,31)18-10-32-17-4-2-1-3-12(17)18/h1-8,10,14,28H,9H2,(H,26,27). The van der Waals surface area contributed by atoms with Gasteiger partial charge in [-0.05, 0) is 24.3 Å². The Morgan fingerprint density at radius 3 is 2.82 bits per heavy atom. The Labute approximate surface area is 196 Å². The molecule has 0 radical (unpaired) electrons. The first-order valence-corrected chi connectivity index (χ1v) is 12.4. The van der Waals surface area contributed by atoms with Gasteiger partial charge in [-0.2, -0.15) is 0 Å². The minimum absolute atomic E-state index is 0.0330. The summed E-state index contributed by atoms with van der Waals surface area (Å²) in [5, 5.41) is 5.11. The first-order valence-electron chi connectivity index (χ1n) is 9.67. The topological polar surface area (TPSA) is 88.2 Å². The predicted octanol–water partition coefficient (Wildman–Crippen LogP) is 5.42. The molecule has 1 aliphatic rings. The fourth-order valence-corrected chi connectivity index (χ4v) is 6.53. The highest BCUT2D eigenvalue weighted by Crippen LogP contribution is 2.36. The van der Waals surface area contributed by atoms with Gasteiger partial charge in [-0.25, -0.2) is 22.2 Å². The molecule has 2 aromatic heterocycles. The summed E-state index contributed by atoms with van der Waals surface area (Å²) >= 11 is 7.19. The summed E-state index contributed by atoms with van der Waals surface area (Å²) in [6.07, 6.45) is 1.39.